The summed E-state index contributed by atoms with van der Waals surface area (Å²) >= 11 is 7.97. The number of rotatable bonds is 6. The third-order valence-electron chi connectivity index (χ3n) is 4.02. The average molecular weight is 323 g/mol. The van der Waals surface area contributed by atoms with Gasteiger partial charge in [0.2, 0.25) is 0 Å². The van der Waals surface area contributed by atoms with Crippen LogP contribution in [0.25, 0.3) is 0 Å². The van der Waals surface area contributed by atoms with Gasteiger partial charge < -0.3 is 5.73 Å². The Labute approximate surface area is 136 Å². The number of halogens is 1. The number of thiophene rings is 1. The van der Waals surface area contributed by atoms with Crippen LogP contribution >= 0.6 is 22.9 Å². The van der Waals surface area contributed by atoms with Gasteiger partial charge >= 0.3 is 0 Å². The van der Waals surface area contributed by atoms with Crippen LogP contribution in [-0.4, -0.2) is 18.5 Å². The predicted octanol–water partition coefficient (Wildman–Crippen LogP) is 4.66. The second kappa shape index (κ2) is 7.41. The van der Waals surface area contributed by atoms with Gasteiger partial charge in [-0.2, -0.15) is 0 Å². The Morgan fingerprint density at radius 2 is 2.05 bits per heavy atom. The van der Waals surface area contributed by atoms with Gasteiger partial charge in [0.1, 0.15) is 0 Å². The Morgan fingerprint density at radius 3 is 2.62 bits per heavy atom. The van der Waals surface area contributed by atoms with Crippen molar-refractivity contribution in [1.29, 1.82) is 0 Å². The highest BCUT2D eigenvalue weighted by molar-refractivity contribution is 7.12. The first-order valence-electron chi connectivity index (χ1n) is 7.32. The van der Waals surface area contributed by atoms with Crippen LogP contribution in [0.2, 0.25) is 5.02 Å². The third kappa shape index (κ3) is 3.86. The van der Waals surface area contributed by atoms with Crippen LogP contribution in [0.15, 0.2) is 36.4 Å². The first kappa shape index (κ1) is 16.5. The molecule has 0 amide bonds. The molecule has 2 rings (SSSR count). The Morgan fingerprint density at radius 1 is 1.29 bits per heavy atom. The number of likely N-dealkylation sites (N-methyl/N-ethyl adjacent to an activating group) is 1. The Balaban J connectivity index is 2.21. The van der Waals surface area contributed by atoms with Gasteiger partial charge in [-0.25, -0.2) is 0 Å². The maximum Gasteiger partial charge on any atom is 0.0566 e. The fourth-order valence-electron chi connectivity index (χ4n) is 2.52. The summed E-state index contributed by atoms with van der Waals surface area (Å²) in [6.45, 7) is 5.00. The molecule has 0 radical (unpaired) electrons. The van der Waals surface area contributed by atoms with Crippen LogP contribution < -0.4 is 5.73 Å². The van der Waals surface area contributed by atoms with Crippen LogP contribution in [0.4, 0.5) is 0 Å². The molecule has 0 saturated heterocycles. The van der Waals surface area contributed by atoms with Gasteiger partial charge in [-0.3, -0.25) is 4.90 Å². The fraction of sp³-hybridized carbons (Fsp3) is 0.412. The molecule has 0 spiro atoms. The molecule has 0 fully saturated rings. The largest absolute Gasteiger partial charge is 0.329 e. The molecule has 4 heteroatoms. The molecule has 2 unspecified atom stereocenters. The Kier molecular flexibility index (Phi) is 5.82. The summed E-state index contributed by atoms with van der Waals surface area (Å²) < 4.78 is 0. The summed E-state index contributed by atoms with van der Waals surface area (Å²) in [7, 11) is 2.13. The first-order valence-corrected chi connectivity index (χ1v) is 8.52. The van der Waals surface area contributed by atoms with Gasteiger partial charge in [-0.1, -0.05) is 30.7 Å². The van der Waals surface area contributed by atoms with E-state index in [0.29, 0.717) is 6.54 Å². The number of benzene rings is 1. The monoisotopic (exact) mass is 322 g/mol. The molecular weight excluding hydrogens is 300 g/mol. The normalized spacial score (nSPS) is 14.4. The van der Waals surface area contributed by atoms with Crippen molar-refractivity contribution in [2.45, 2.75) is 32.4 Å². The van der Waals surface area contributed by atoms with Crippen molar-refractivity contribution in [3.63, 3.8) is 0 Å². The van der Waals surface area contributed by atoms with Gasteiger partial charge in [0.05, 0.1) is 6.04 Å². The number of nitrogens with zero attached hydrogens (tertiary/aromatic N) is 1. The van der Waals surface area contributed by atoms with Crippen molar-refractivity contribution in [3.05, 3.63) is 56.7 Å². The van der Waals surface area contributed by atoms with Crippen molar-refractivity contribution in [1.82, 2.24) is 4.90 Å². The minimum absolute atomic E-state index is 0.240. The minimum atomic E-state index is 0.240. The maximum atomic E-state index is 6.11. The van der Waals surface area contributed by atoms with Crippen LogP contribution in [0.3, 0.4) is 0 Å². The van der Waals surface area contributed by atoms with E-state index in [-0.39, 0.29) is 12.1 Å². The second-order valence-corrected chi connectivity index (χ2v) is 6.94. The lowest BCUT2D eigenvalue weighted by Crippen LogP contribution is -2.32. The summed E-state index contributed by atoms with van der Waals surface area (Å²) in [4.78, 5) is 5.08. The van der Waals surface area contributed by atoms with Gasteiger partial charge in [-0.15, -0.1) is 11.3 Å². The molecule has 2 aromatic rings. The topological polar surface area (TPSA) is 29.3 Å². The van der Waals surface area contributed by atoms with Crippen LogP contribution in [0, 0.1) is 0 Å². The lowest BCUT2D eigenvalue weighted by molar-refractivity contribution is 0.193. The van der Waals surface area contributed by atoms with Gasteiger partial charge in [0.25, 0.3) is 0 Å². The smallest absolute Gasteiger partial charge is 0.0566 e. The van der Waals surface area contributed by atoms with Crippen LogP contribution in [0.5, 0.6) is 0 Å². The summed E-state index contributed by atoms with van der Waals surface area (Å²) in [5.41, 5.74) is 7.26. The second-order valence-electron chi connectivity index (χ2n) is 5.31. The van der Waals surface area contributed by atoms with E-state index in [1.807, 2.05) is 29.5 Å². The summed E-state index contributed by atoms with van der Waals surface area (Å²) in [6.07, 6.45) is 1.08. The predicted molar refractivity (Wildman–Crippen MR) is 93.1 cm³/mol. The van der Waals surface area contributed by atoms with Gasteiger partial charge in [-0.05, 0) is 50.2 Å². The fourth-order valence-corrected chi connectivity index (χ4v) is 3.83. The molecule has 0 aliphatic carbocycles. The molecule has 2 N–H and O–H groups in total. The first-order chi connectivity index (χ1) is 10.1. The van der Waals surface area contributed by atoms with E-state index in [2.05, 4.69) is 44.0 Å². The van der Waals surface area contributed by atoms with Crippen molar-refractivity contribution < 1.29 is 0 Å². The summed E-state index contributed by atoms with van der Waals surface area (Å²) in [5, 5.41) is 0.779. The van der Waals surface area contributed by atoms with Crippen molar-refractivity contribution in [2.75, 3.05) is 13.6 Å². The number of nitrogens with two attached hydrogens (primary N) is 1. The molecular formula is C17H23ClN2S. The lowest BCUT2D eigenvalue weighted by atomic mass is 10.0. The zero-order chi connectivity index (χ0) is 15.4. The third-order valence-corrected chi connectivity index (χ3v) is 5.58. The average Bonchev–Trinajstić information content (AvgIpc) is 2.96. The van der Waals surface area contributed by atoms with Gasteiger partial charge in [0.15, 0.2) is 0 Å². The van der Waals surface area contributed by atoms with E-state index in [0.717, 1.165) is 11.4 Å². The number of aryl methyl sites for hydroxylation is 1. The zero-order valence-corrected chi connectivity index (χ0v) is 14.4. The standard InChI is InChI=1S/C17H23ClN2S/c1-4-15-8-9-17(21-15)16(11-19)20(3)12(2)13-6-5-7-14(18)10-13/h5-10,12,16H,4,11,19H2,1-3H3. The molecule has 21 heavy (non-hydrogen) atoms. The highest BCUT2D eigenvalue weighted by Gasteiger charge is 2.22. The molecule has 1 aromatic heterocycles. The molecule has 0 aliphatic heterocycles. The molecule has 1 aromatic carbocycles. The maximum absolute atomic E-state index is 6.11. The zero-order valence-electron chi connectivity index (χ0n) is 12.8. The van der Waals surface area contributed by atoms with Crippen LogP contribution in [0.1, 0.15) is 41.2 Å². The van der Waals surface area contributed by atoms with Crippen molar-refractivity contribution in [3.8, 4) is 0 Å². The van der Waals surface area contributed by atoms with E-state index in [1.54, 1.807) is 0 Å². The molecule has 2 nitrogen and oxygen atoms in total. The van der Waals surface area contributed by atoms with Crippen molar-refractivity contribution >= 4 is 22.9 Å². The SMILES string of the molecule is CCc1ccc(C(CN)N(C)C(C)c2cccc(Cl)c2)s1. The molecule has 0 bridgehead atoms. The van der Waals surface area contributed by atoms with E-state index >= 15 is 0 Å². The minimum Gasteiger partial charge on any atom is -0.329 e. The summed E-state index contributed by atoms with van der Waals surface area (Å²) in [5.74, 6) is 0. The molecule has 114 valence electrons. The van der Waals surface area contributed by atoms with E-state index in [4.69, 9.17) is 17.3 Å². The number of hydrogen-bond donors (Lipinski definition) is 1. The van der Waals surface area contributed by atoms with Crippen molar-refractivity contribution in [2.24, 2.45) is 5.73 Å². The van der Waals surface area contributed by atoms with Gasteiger partial charge in [0, 0.05) is 27.4 Å². The van der Waals surface area contributed by atoms with E-state index in [9.17, 15) is 0 Å². The Bertz CT molecular complexity index is 582. The van der Waals surface area contributed by atoms with E-state index < -0.39 is 0 Å². The quantitative estimate of drug-likeness (QED) is 0.838. The highest BCUT2D eigenvalue weighted by Crippen LogP contribution is 2.32. The molecule has 2 atom stereocenters. The highest BCUT2D eigenvalue weighted by atomic mass is 35.5. The molecule has 0 saturated carbocycles. The molecule has 0 aliphatic rings. The number of hydrogen-bond acceptors (Lipinski definition) is 3. The molecule has 1 heterocycles. The Hall–Kier alpha value is -0.870. The van der Waals surface area contributed by atoms with E-state index in [1.165, 1.54) is 15.3 Å². The van der Waals surface area contributed by atoms with Crippen LogP contribution in [-0.2, 0) is 6.42 Å². The summed E-state index contributed by atoms with van der Waals surface area (Å²) in [6, 6.07) is 13.0. The lowest BCUT2D eigenvalue weighted by Gasteiger charge is -2.32.